The van der Waals surface area contributed by atoms with E-state index in [0.29, 0.717) is 12.8 Å². The van der Waals surface area contributed by atoms with E-state index in [0.717, 1.165) is 23.3 Å². The van der Waals surface area contributed by atoms with Gasteiger partial charge in [-0.15, -0.1) is 11.3 Å². The zero-order chi connectivity index (χ0) is 22.1. The molecule has 164 valence electrons. The molecule has 31 heavy (non-hydrogen) atoms. The summed E-state index contributed by atoms with van der Waals surface area (Å²) in [6.45, 7) is 0. The summed E-state index contributed by atoms with van der Waals surface area (Å²) in [5.41, 5.74) is 4.19. The van der Waals surface area contributed by atoms with Crippen LogP contribution in [0.4, 0.5) is 4.79 Å². The van der Waals surface area contributed by atoms with E-state index < -0.39 is 6.10 Å². The van der Waals surface area contributed by atoms with Gasteiger partial charge in [-0.2, -0.15) is 0 Å². The fourth-order valence-electron chi connectivity index (χ4n) is 3.75. The highest BCUT2D eigenvalue weighted by atomic mass is 32.1. The molecule has 0 fully saturated rings. The van der Waals surface area contributed by atoms with Crippen LogP contribution in [-0.4, -0.2) is 47.3 Å². The maximum Gasteiger partial charge on any atom is 0.317 e. The Morgan fingerprint density at radius 3 is 2.39 bits per heavy atom. The van der Waals surface area contributed by atoms with Crippen molar-refractivity contribution >= 4 is 17.4 Å². The molecule has 0 radical (unpaired) electrons. The Labute approximate surface area is 188 Å². The Kier molecular flexibility index (Phi) is 8.62. The van der Waals surface area contributed by atoms with Gasteiger partial charge in [-0.05, 0) is 36.8 Å². The van der Waals surface area contributed by atoms with Gasteiger partial charge >= 0.3 is 6.03 Å². The Morgan fingerprint density at radius 2 is 1.77 bits per heavy atom. The first-order valence-electron chi connectivity index (χ1n) is 10.6. The standard InChI is InChI=1S/C25H31N3O2S/c1-28(2)25(30)27-24(15-21(29)14-13-19-9-5-3-6-10-19)23(16-22-17-26-18-31-22)20-11-7-4-8-12-20/h3-12,17-18,21,23-24,29H,13-16H2,1-2H3,(H,27,30). The number of carbonyl (C=O) groups is 1. The first-order valence-corrected chi connectivity index (χ1v) is 11.5. The van der Waals surface area contributed by atoms with E-state index >= 15 is 0 Å². The highest BCUT2D eigenvalue weighted by molar-refractivity contribution is 7.09. The maximum absolute atomic E-state index is 12.6. The van der Waals surface area contributed by atoms with Gasteiger partial charge in [-0.25, -0.2) is 4.79 Å². The third-order valence-electron chi connectivity index (χ3n) is 5.47. The molecule has 1 heterocycles. The van der Waals surface area contributed by atoms with Gasteiger partial charge in [-0.1, -0.05) is 60.7 Å². The van der Waals surface area contributed by atoms with Crippen molar-refractivity contribution in [2.24, 2.45) is 0 Å². The SMILES string of the molecule is CN(C)C(=O)NC(CC(O)CCc1ccccc1)C(Cc1cncs1)c1ccccc1. The Balaban J connectivity index is 1.79. The van der Waals surface area contributed by atoms with Crippen molar-refractivity contribution < 1.29 is 9.90 Å². The second-order valence-corrected chi connectivity index (χ2v) is 9.02. The molecule has 3 atom stereocenters. The summed E-state index contributed by atoms with van der Waals surface area (Å²) in [5.74, 6) is 0.0388. The van der Waals surface area contributed by atoms with Gasteiger partial charge in [0, 0.05) is 37.1 Å². The molecule has 5 nitrogen and oxygen atoms in total. The fourth-order valence-corrected chi connectivity index (χ4v) is 4.41. The number of nitrogens with zero attached hydrogens (tertiary/aromatic N) is 2. The molecule has 3 aromatic rings. The molecule has 2 N–H and O–H groups in total. The third kappa shape index (κ3) is 7.19. The van der Waals surface area contributed by atoms with Crippen molar-refractivity contribution in [3.8, 4) is 0 Å². The van der Waals surface area contributed by atoms with Crippen LogP contribution in [0.3, 0.4) is 0 Å². The van der Waals surface area contributed by atoms with Crippen LogP contribution >= 0.6 is 11.3 Å². The second kappa shape index (κ2) is 11.6. The summed E-state index contributed by atoms with van der Waals surface area (Å²) in [6.07, 6.45) is 4.09. The Morgan fingerprint density at radius 1 is 1.10 bits per heavy atom. The Hall–Kier alpha value is -2.70. The van der Waals surface area contributed by atoms with E-state index in [1.165, 1.54) is 10.5 Å². The van der Waals surface area contributed by atoms with Crippen molar-refractivity contribution in [3.05, 3.63) is 88.4 Å². The van der Waals surface area contributed by atoms with Crippen LogP contribution in [-0.2, 0) is 12.8 Å². The van der Waals surface area contributed by atoms with Crippen molar-refractivity contribution in [2.75, 3.05) is 14.1 Å². The number of urea groups is 1. The zero-order valence-electron chi connectivity index (χ0n) is 18.1. The fraction of sp³-hybridized carbons (Fsp3) is 0.360. The summed E-state index contributed by atoms with van der Waals surface area (Å²) in [5, 5.41) is 14.0. The van der Waals surface area contributed by atoms with Gasteiger partial charge in [0.25, 0.3) is 0 Å². The van der Waals surface area contributed by atoms with Gasteiger partial charge in [-0.3, -0.25) is 4.98 Å². The number of benzene rings is 2. The topological polar surface area (TPSA) is 65.5 Å². The molecule has 6 heteroatoms. The van der Waals surface area contributed by atoms with Crippen LogP contribution in [0, 0.1) is 0 Å². The smallest absolute Gasteiger partial charge is 0.317 e. The van der Waals surface area contributed by atoms with Crippen molar-refractivity contribution in [2.45, 2.75) is 43.7 Å². The number of aryl methyl sites for hydroxylation is 1. The highest BCUT2D eigenvalue weighted by Crippen LogP contribution is 2.29. The number of carbonyl (C=O) groups excluding carboxylic acids is 1. The second-order valence-electron chi connectivity index (χ2n) is 8.05. The zero-order valence-corrected chi connectivity index (χ0v) is 19.0. The molecule has 3 rings (SSSR count). The number of aliphatic hydroxyl groups excluding tert-OH is 1. The van der Waals surface area contributed by atoms with E-state index in [2.05, 4.69) is 34.6 Å². The monoisotopic (exact) mass is 437 g/mol. The molecule has 0 aliphatic rings. The number of aliphatic hydroxyl groups is 1. The number of hydrogen-bond acceptors (Lipinski definition) is 4. The molecule has 0 saturated heterocycles. The average molecular weight is 438 g/mol. The normalized spacial score (nSPS) is 13.9. The lowest BCUT2D eigenvalue weighted by atomic mass is 9.84. The number of hydrogen-bond donors (Lipinski definition) is 2. The van der Waals surface area contributed by atoms with Gasteiger partial charge in [0.1, 0.15) is 0 Å². The summed E-state index contributed by atoms with van der Waals surface area (Å²) in [4.78, 5) is 19.5. The van der Waals surface area contributed by atoms with Crippen molar-refractivity contribution in [3.63, 3.8) is 0 Å². The molecule has 0 saturated carbocycles. The summed E-state index contributed by atoms with van der Waals surface area (Å²) in [6, 6.07) is 20.1. The molecular weight excluding hydrogens is 406 g/mol. The molecule has 0 spiro atoms. The third-order valence-corrected chi connectivity index (χ3v) is 6.27. The number of nitrogens with one attached hydrogen (secondary N) is 1. The van der Waals surface area contributed by atoms with E-state index in [4.69, 9.17) is 0 Å². The lowest BCUT2D eigenvalue weighted by Gasteiger charge is -2.31. The molecule has 1 aromatic heterocycles. The van der Waals surface area contributed by atoms with Crippen LogP contribution < -0.4 is 5.32 Å². The van der Waals surface area contributed by atoms with E-state index in [-0.39, 0.29) is 18.0 Å². The highest BCUT2D eigenvalue weighted by Gasteiger charge is 2.28. The molecule has 0 bridgehead atoms. The minimum atomic E-state index is -0.514. The number of thiazole rings is 1. The van der Waals surface area contributed by atoms with Crippen molar-refractivity contribution in [1.82, 2.24) is 15.2 Å². The van der Waals surface area contributed by atoms with Gasteiger partial charge in [0.2, 0.25) is 0 Å². The lowest BCUT2D eigenvalue weighted by Crippen LogP contribution is -2.46. The van der Waals surface area contributed by atoms with Crippen LogP contribution in [0.15, 0.2) is 72.4 Å². The molecule has 0 aliphatic carbocycles. The molecule has 3 unspecified atom stereocenters. The lowest BCUT2D eigenvalue weighted by molar-refractivity contribution is 0.133. The average Bonchev–Trinajstić information content (AvgIpc) is 3.30. The van der Waals surface area contributed by atoms with Crippen LogP contribution in [0.5, 0.6) is 0 Å². The number of rotatable bonds is 10. The predicted molar refractivity (Wildman–Crippen MR) is 126 cm³/mol. The molecule has 2 aromatic carbocycles. The van der Waals surface area contributed by atoms with Gasteiger partial charge in [0.15, 0.2) is 0 Å². The molecular formula is C25H31N3O2S. The van der Waals surface area contributed by atoms with E-state index in [1.54, 1.807) is 25.4 Å². The maximum atomic E-state index is 12.6. The number of aromatic nitrogens is 1. The predicted octanol–water partition coefficient (Wildman–Crippen LogP) is 4.49. The quantitative estimate of drug-likeness (QED) is 0.491. The minimum absolute atomic E-state index is 0.0388. The summed E-state index contributed by atoms with van der Waals surface area (Å²) >= 11 is 1.62. The number of amides is 2. The largest absolute Gasteiger partial charge is 0.393 e. The van der Waals surface area contributed by atoms with E-state index in [1.807, 2.05) is 48.1 Å². The van der Waals surface area contributed by atoms with Crippen LogP contribution in [0.2, 0.25) is 0 Å². The van der Waals surface area contributed by atoms with Gasteiger partial charge in [0.05, 0.1) is 11.6 Å². The van der Waals surface area contributed by atoms with Gasteiger partial charge < -0.3 is 15.3 Å². The first-order chi connectivity index (χ1) is 15.0. The minimum Gasteiger partial charge on any atom is -0.393 e. The summed E-state index contributed by atoms with van der Waals surface area (Å²) in [7, 11) is 3.47. The van der Waals surface area contributed by atoms with Crippen LogP contribution in [0.1, 0.15) is 34.8 Å². The van der Waals surface area contributed by atoms with Crippen molar-refractivity contribution in [1.29, 1.82) is 0 Å². The molecule has 0 aliphatic heterocycles. The first kappa shape index (κ1) is 23.0. The Bertz CT molecular complexity index is 901. The molecule has 2 amide bonds. The summed E-state index contributed by atoms with van der Waals surface area (Å²) < 4.78 is 0. The van der Waals surface area contributed by atoms with E-state index in [9.17, 15) is 9.90 Å². The van der Waals surface area contributed by atoms with Crippen LogP contribution in [0.25, 0.3) is 0 Å².